The maximum atomic E-state index is 5.99. The molecule has 0 saturated heterocycles. The van der Waals surface area contributed by atoms with Gasteiger partial charge in [-0.15, -0.1) is 0 Å². The van der Waals surface area contributed by atoms with Gasteiger partial charge in [0.25, 0.3) is 0 Å². The summed E-state index contributed by atoms with van der Waals surface area (Å²) in [5, 5.41) is 7.32. The number of aryl methyl sites for hydroxylation is 1. The van der Waals surface area contributed by atoms with Crippen LogP contribution in [0.15, 0.2) is 18.6 Å². The number of nitrogens with one attached hydrogen (secondary N) is 1. The van der Waals surface area contributed by atoms with Crippen molar-refractivity contribution in [3.8, 4) is 5.88 Å². The van der Waals surface area contributed by atoms with E-state index in [1.54, 1.807) is 6.20 Å². The number of anilines is 2. The van der Waals surface area contributed by atoms with Crippen LogP contribution in [0.3, 0.4) is 0 Å². The Morgan fingerprint density at radius 1 is 1.40 bits per heavy atom. The largest absolute Gasteiger partial charge is 0.473 e. The van der Waals surface area contributed by atoms with Crippen LogP contribution in [-0.4, -0.2) is 32.4 Å². The first-order valence-electron chi connectivity index (χ1n) is 6.55. The molecule has 3 N–H and O–H groups in total. The van der Waals surface area contributed by atoms with Gasteiger partial charge in [0.05, 0.1) is 6.10 Å². The Hall–Kier alpha value is -2.31. The molecule has 2 rings (SSSR count). The maximum Gasteiger partial charge on any atom is 0.242 e. The summed E-state index contributed by atoms with van der Waals surface area (Å²) in [5.74, 6) is 1.01. The van der Waals surface area contributed by atoms with Crippen molar-refractivity contribution >= 4 is 11.5 Å². The van der Waals surface area contributed by atoms with Crippen molar-refractivity contribution in [2.45, 2.75) is 26.4 Å². The molecule has 0 unspecified atom stereocenters. The van der Waals surface area contributed by atoms with Gasteiger partial charge < -0.3 is 15.8 Å². The monoisotopic (exact) mass is 276 g/mol. The van der Waals surface area contributed by atoms with Gasteiger partial charge in [0.1, 0.15) is 12.0 Å². The third kappa shape index (κ3) is 3.37. The van der Waals surface area contributed by atoms with Crippen molar-refractivity contribution in [2.75, 3.05) is 17.6 Å². The average molecular weight is 276 g/mol. The highest BCUT2D eigenvalue weighted by Crippen LogP contribution is 2.25. The Morgan fingerprint density at radius 2 is 2.20 bits per heavy atom. The van der Waals surface area contributed by atoms with Crippen LogP contribution >= 0.6 is 0 Å². The minimum atomic E-state index is 0.0227. The number of nitrogen functional groups attached to an aromatic ring is 1. The second-order valence-corrected chi connectivity index (χ2v) is 4.73. The second kappa shape index (κ2) is 6.23. The summed E-state index contributed by atoms with van der Waals surface area (Å²) in [6, 6.07) is 1.98. The Morgan fingerprint density at radius 3 is 2.85 bits per heavy atom. The molecule has 0 radical (unpaired) electrons. The first kappa shape index (κ1) is 14.1. The molecule has 0 atom stereocenters. The summed E-state index contributed by atoms with van der Waals surface area (Å²) in [7, 11) is 1.92. The highest BCUT2D eigenvalue weighted by molar-refractivity contribution is 5.66. The Kier molecular flexibility index (Phi) is 4.39. The van der Waals surface area contributed by atoms with Crippen LogP contribution in [0.4, 0.5) is 11.5 Å². The number of nitrogens with zero attached hydrogens (tertiary/aromatic N) is 4. The van der Waals surface area contributed by atoms with Crippen LogP contribution in [0.5, 0.6) is 5.88 Å². The molecule has 20 heavy (non-hydrogen) atoms. The molecule has 0 fully saturated rings. The Labute approximate surface area is 118 Å². The summed E-state index contributed by atoms with van der Waals surface area (Å²) in [4.78, 5) is 8.18. The zero-order valence-corrected chi connectivity index (χ0v) is 12.0. The molecule has 2 aromatic rings. The van der Waals surface area contributed by atoms with E-state index >= 15 is 0 Å². The lowest BCUT2D eigenvalue weighted by atomic mass is 10.3. The van der Waals surface area contributed by atoms with E-state index in [0.29, 0.717) is 23.9 Å². The highest BCUT2D eigenvalue weighted by atomic mass is 16.5. The van der Waals surface area contributed by atoms with Gasteiger partial charge in [-0.2, -0.15) is 10.1 Å². The molecule has 0 aliphatic rings. The fourth-order valence-corrected chi connectivity index (χ4v) is 1.79. The quantitative estimate of drug-likeness (QED) is 0.824. The van der Waals surface area contributed by atoms with Gasteiger partial charge in [0.15, 0.2) is 5.82 Å². The highest BCUT2D eigenvalue weighted by Gasteiger charge is 2.10. The summed E-state index contributed by atoms with van der Waals surface area (Å²) in [6.45, 7) is 4.57. The molecule has 0 bridgehead atoms. The van der Waals surface area contributed by atoms with Crippen LogP contribution in [0.1, 0.15) is 19.5 Å². The Bertz CT molecular complexity index is 566. The number of hydrogen-bond donors (Lipinski definition) is 2. The van der Waals surface area contributed by atoms with E-state index in [4.69, 9.17) is 10.5 Å². The lowest BCUT2D eigenvalue weighted by molar-refractivity contribution is 0.234. The molecule has 0 aliphatic carbocycles. The fourth-order valence-electron chi connectivity index (χ4n) is 1.79. The predicted molar refractivity (Wildman–Crippen MR) is 77.6 cm³/mol. The van der Waals surface area contributed by atoms with Crippen LogP contribution in [0, 0.1) is 0 Å². The van der Waals surface area contributed by atoms with Crippen LogP contribution in [0.2, 0.25) is 0 Å². The van der Waals surface area contributed by atoms with Crippen molar-refractivity contribution in [1.29, 1.82) is 0 Å². The summed E-state index contributed by atoms with van der Waals surface area (Å²) < 4.78 is 7.37. The zero-order valence-electron chi connectivity index (χ0n) is 12.0. The van der Waals surface area contributed by atoms with E-state index < -0.39 is 0 Å². The molecule has 7 heteroatoms. The molecular weight excluding hydrogens is 256 g/mol. The number of rotatable bonds is 6. The molecule has 0 aliphatic heterocycles. The third-order valence-electron chi connectivity index (χ3n) is 2.79. The van der Waals surface area contributed by atoms with Gasteiger partial charge in [-0.05, 0) is 19.9 Å². The number of nitrogens with two attached hydrogens (primary N) is 1. The van der Waals surface area contributed by atoms with Gasteiger partial charge in [-0.25, -0.2) is 4.98 Å². The number of hydrogen-bond acceptors (Lipinski definition) is 6. The maximum absolute atomic E-state index is 5.99. The minimum absolute atomic E-state index is 0.0227. The van der Waals surface area contributed by atoms with Crippen LogP contribution in [0.25, 0.3) is 0 Å². The van der Waals surface area contributed by atoms with Crippen LogP contribution in [-0.2, 0) is 13.5 Å². The SMILES string of the molecule is CC(C)Oc1ncnc(NCCc2ccnn2C)c1N. The lowest BCUT2D eigenvalue weighted by Gasteiger charge is -2.13. The molecular formula is C13H20N6O. The molecule has 0 saturated carbocycles. The van der Waals surface area contributed by atoms with Crippen molar-refractivity contribution in [2.24, 2.45) is 7.05 Å². The summed E-state index contributed by atoms with van der Waals surface area (Å²) in [6.07, 6.45) is 4.08. The smallest absolute Gasteiger partial charge is 0.242 e. The minimum Gasteiger partial charge on any atom is -0.473 e. The van der Waals surface area contributed by atoms with E-state index in [9.17, 15) is 0 Å². The fraction of sp³-hybridized carbons (Fsp3) is 0.462. The van der Waals surface area contributed by atoms with Crippen LogP contribution < -0.4 is 15.8 Å². The molecule has 7 nitrogen and oxygen atoms in total. The van der Waals surface area contributed by atoms with Crippen molar-refractivity contribution in [1.82, 2.24) is 19.7 Å². The van der Waals surface area contributed by atoms with E-state index in [1.165, 1.54) is 6.33 Å². The van der Waals surface area contributed by atoms with Crippen molar-refractivity contribution in [3.05, 3.63) is 24.3 Å². The molecule has 0 aromatic carbocycles. The van der Waals surface area contributed by atoms with E-state index in [0.717, 1.165) is 12.1 Å². The van der Waals surface area contributed by atoms with Gasteiger partial charge in [-0.3, -0.25) is 4.68 Å². The van der Waals surface area contributed by atoms with Gasteiger partial charge in [-0.1, -0.05) is 0 Å². The van der Waals surface area contributed by atoms with Gasteiger partial charge >= 0.3 is 0 Å². The summed E-state index contributed by atoms with van der Waals surface area (Å²) in [5.41, 5.74) is 7.57. The van der Waals surface area contributed by atoms with E-state index in [2.05, 4.69) is 20.4 Å². The van der Waals surface area contributed by atoms with E-state index in [-0.39, 0.29) is 6.10 Å². The predicted octanol–water partition coefficient (Wildman–Crippen LogP) is 1.23. The first-order valence-corrected chi connectivity index (χ1v) is 6.55. The van der Waals surface area contributed by atoms with Crippen molar-refractivity contribution in [3.63, 3.8) is 0 Å². The van der Waals surface area contributed by atoms with Gasteiger partial charge in [0, 0.05) is 31.9 Å². The lowest BCUT2D eigenvalue weighted by Crippen LogP contribution is -2.14. The third-order valence-corrected chi connectivity index (χ3v) is 2.79. The normalized spacial score (nSPS) is 10.8. The first-order chi connectivity index (χ1) is 9.58. The average Bonchev–Trinajstić information content (AvgIpc) is 2.79. The van der Waals surface area contributed by atoms with Gasteiger partial charge in [0.2, 0.25) is 5.88 Å². The number of ether oxygens (including phenoxy) is 1. The molecule has 108 valence electrons. The molecule has 0 amide bonds. The molecule has 2 heterocycles. The Balaban J connectivity index is 1.97. The molecule has 2 aromatic heterocycles. The molecule has 0 spiro atoms. The number of aromatic nitrogens is 4. The van der Waals surface area contributed by atoms with Crippen molar-refractivity contribution < 1.29 is 4.74 Å². The second-order valence-electron chi connectivity index (χ2n) is 4.73. The standard InChI is InChI=1S/C13H20N6O/c1-9(2)20-13-11(14)12(16-8-17-13)15-6-4-10-5-7-18-19(10)3/h5,7-9H,4,6,14H2,1-3H3,(H,15,16,17). The zero-order chi connectivity index (χ0) is 14.5. The topological polar surface area (TPSA) is 90.9 Å². The van der Waals surface area contributed by atoms with E-state index in [1.807, 2.05) is 31.6 Å². The summed E-state index contributed by atoms with van der Waals surface area (Å²) >= 11 is 0.